The summed E-state index contributed by atoms with van der Waals surface area (Å²) in [5.74, 6) is 0.993. The van der Waals surface area contributed by atoms with Crippen molar-refractivity contribution >= 4 is 11.6 Å². The Morgan fingerprint density at radius 3 is 2.50 bits per heavy atom. The van der Waals surface area contributed by atoms with Gasteiger partial charge >= 0.3 is 0 Å². The molecule has 2 aromatic rings. The number of rotatable bonds is 7. The Labute approximate surface area is 143 Å². The minimum Gasteiger partial charge on any atom is -0.490 e. The Morgan fingerprint density at radius 2 is 1.88 bits per heavy atom. The lowest BCUT2D eigenvalue weighted by molar-refractivity contribution is -0.114. The van der Waals surface area contributed by atoms with E-state index < -0.39 is 6.10 Å². The Bertz CT molecular complexity index is 668. The van der Waals surface area contributed by atoms with Crippen molar-refractivity contribution in [2.45, 2.75) is 33.3 Å². The van der Waals surface area contributed by atoms with Gasteiger partial charge in [0.25, 0.3) is 0 Å². The van der Waals surface area contributed by atoms with Gasteiger partial charge in [-0.1, -0.05) is 44.2 Å². The molecule has 24 heavy (non-hydrogen) atoms. The van der Waals surface area contributed by atoms with Gasteiger partial charge in [0.15, 0.2) is 0 Å². The number of anilines is 1. The van der Waals surface area contributed by atoms with E-state index in [1.54, 1.807) is 6.07 Å². The number of carbonyl (C=O) groups is 1. The highest BCUT2D eigenvalue weighted by atomic mass is 16.5. The summed E-state index contributed by atoms with van der Waals surface area (Å²) in [6.07, 6.45) is 0.202. The van der Waals surface area contributed by atoms with Crippen LogP contribution < -0.4 is 10.1 Å². The predicted octanol–water partition coefficient (Wildman–Crippen LogP) is 4.10. The lowest BCUT2D eigenvalue weighted by Crippen LogP contribution is -2.19. The monoisotopic (exact) mass is 327 g/mol. The molecule has 0 heterocycles. The molecule has 0 radical (unpaired) electrons. The fourth-order valence-electron chi connectivity index (χ4n) is 2.58. The first-order chi connectivity index (χ1) is 11.5. The second-order valence-corrected chi connectivity index (χ2v) is 6.35. The lowest BCUT2D eigenvalue weighted by atomic mass is 10.0. The number of nitrogens with one attached hydrogen (secondary N) is 1. The summed E-state index contributed by atoms with van der Waals surface area (Å²) in [6, 6.07) is 15.4. The standard InChI is InChI=1S/C20H25NO3/c1-14(2)11-18(23)13-24-20-10-9-17(21-15(3)22)12-19(20)16-7-5-4-6-8-16/h4-10,12,14,18,23H,11,13H2,1-3H3,(H,21,22). The molecule has 1 unspecified atom stereocenters. The molecule has 1 amide bonds. The van der Waals surface area contributed by atoms with E-state index in [9.17, 15) is 9.90 Å². The van der Waals surface area contributed by atoms with Gasteiger partial charge in [0.2, 0.25) is 5.91 Å². The van der Waals surface area contributed by atoms with Crippen LogP contribution in [0.1, 0.15) is 27.2 Å². The van der Waals surface area contributed by atoms with Gasteiger partial charge in [-0.25, -0.2) is 0 Å². The highest BCUT2D eigenvalue weighted by Crippen LogP contribution is 2.33. The van der Waals surface area contributed by atoms with Crippen molar-refractivity contribution in [1.82, 2.24) is 0 Å². The number of aliphatic hydroxyl groups is 1. The van der Waals surface area contributed by atoms with Crippen LogP contribution in [0.15, 0.2) is 48.5 Å². The molecular weight excluding hydrogens is 302 g/mol. The zero-order valence-electron chi connectivity index (χ0n) is 14.5. The molecular formula is C20H25NO3. The van der Waals surface area contributed by atoms with Crippen molar-refractivity contribution in [2.24, 2.45) is 5.92 Å². The largest absolute Gasteiger partial charge is 0.490 e. The van der Waals surface area contributed by atoms with E-state index in [4.69, 9.17) is 4.74 Å². The summed E-state index contributed by atoms with van der Waals surface area (Å²) >= 11 is 0. The molecule has 128 valence electrons. The van der Waals surface area contributed by atoms with Crippen molar-refractivity contribution in [3.63, 3.8) is 0 Å². The Morgan fingerprint density at radius 1 is 1.17 bits per heavy atom. The van der Waals surface area contributed by atoms with Gasteiger partial charge in [0.05, 0.1) is 6.10 Å². The summed E-state index contributed by atoms with van der Waals surface area (Å²) in [5, 5.41) is 12.8. The van der Waals surface area contributed by atoms with Gasteiger partial charge < -0.3 is 15.2 Å². The SMILES string of the molecule is CC(=O)Nc1ccc(OCC(O)CC(C)C)c(-c2ccccc2)c1. The van der Waals surface area contributed by atoms with Gasteiger partial charge in [-0.2, -0.15) is 0 Å². The highest BCUT2D eigenvalue weighted by molar-refractivity contribution is 5.90. The number of hydrogen-bond donors (Lipinski definition) is 2. The van der Waals surface area contributed by atoms with Crippen molar-refractivity contribution in [1.29, 1.82) is 0 Å². The molecule has 2 aromatic carbocycles. The number of aliphatic hydroxyl groups excluding tert-OH is 1. The van der Waals surface area contributed by atoms with Gasteiger partial charge in [-0.3, -0.25) is 4.79 Å². The quantitative estimate of drug-likeness (QED) is 0.805. The van der Waals surface area contributed by atoms with Gasteiger partial charge in [-0.05, 0) is 36.1 Å². The molecule has 4 heteroatoms. The van der Waals surface area contributed by atoms with Crippen LogP contribution in [-0.4, -0.2) is 23.7 Å². The molecule has 0 aromatic heterocycles. The van der Waals surface area contributed by atoms with Crippen LogP contribution in [0.4, 0.5) is 5.69 Å². The van der Waals surface area contributed by atoms with Gasteiger partial charge in [-0.15, -0.1) is 0 Å². The fraction of sp³-hybridized carbons (Fsp3) is 0.350. The maximum Gasteiger partial charge on any atom is 0.221 e. The lowest BCUT2D eigenvalue weighted by Gasteiger charge is -2.17. The number of benzene rings is 2. The van der Waals surface area contributed by atoms with E-state index >= 15 is 0 Å². The first-order valence-electron chi connectivity index (χ1n) is 8.23. The van der Waals surface area contributed by atoms with Crippen molar-refractivity contribution in [3.8, 4) is 16.9 Å². The minimum atomic E-state index is -0.497. The van der Waals surface area contributed by atoms with Crippen LogP contribution >= 0.6 is 0 Å². The highest BCUT2D eigenvalue weighted by Gasteiger charge is 2.12. The van der Waals surface area contributed by atoms with E-state index in [1.165, 1.54) is 6.92 Å². The summed E-state index contributed by atoms with van der Waals surface area (Å²) in [4.78, 5) is 11.3. The summed E-state index contributed by atoms with van der Waals surface area (Å²) in [5.41, 5.74) is 2.60. The van der Waals surface area contributed by atoms with E-state index in [0.717, 1.165) is 16.8 Å². The van der Waals surface area contributed by atoms with Crippen LogP contribution in [0.5, 0.6) is 5.75 Å². The average molecular weight is 327 g/mol. The molecule has 0 aliphatic carbocycles. The van der Waals surface area contributed by atoms with Crippen LogP contribution in [0.3, 0.4) is 0 Å². The summed E-state index contributed by atoms with van der Waals surface area (Å²) in [6.45, 7) is 5.87. The van der Waals surface area contributed by atoms with Crippen molar-refractivity contribution < 1.29 is 14.6 Å². The Hall–Kier alpha value is -2.33. The second-order valence-electron chi connectivity index (χ2n) is 6.35. The third-order valence-electron chi connectivity index (χ3n) is 3.56. The van der Waals surface area contributed by atoms with E-state index in [2.05, 4.69) is 19.2 Å². The molecule has 4 nitrogen and oxygen atoms in total. The zero-order chi connectivity index (χ0) is 17.5. The maximum absolute atomic E-state index is 11.3. The minimum absolute atomic E-state index is 0.116. The van der Waals surface area contributed by atoms with Crippen molar-refractivity contribution in [3.05, 3.63) is 48.5 Å². The van der Waals surface area contributed by atoms with Crippen LogP contribution in [-0.2, 0) is 4.79 Å². The number of ether oxygens (including phenoxy) is 1. The number of carbonyl (C=O) groups excluding carboxylic acids is 1. The summed E-state index contributed by atoms with van der Waals surface area (Å²) in [7, 11) is 0. The molecule has 1 atom stereocenters. The first-order valence-corrected chi connectivity index (χ1v) is 8.23. The number of hydrogen-bond acceptors (Lipinski definition) is 3. The van der Waals surface area contributed by atoms with Gasteiger partial charge in [0, 0.05) is 18.2 Å². The van der Waals surface area contributed by atoms with Crippen LogP contribution in [0, 0.1) is 5.92 Å². The number of amides is 1. The molecule has 0 fully saturated rings. The maximum atomic E-state index is 11.3. The van der Waals surface area contributed by atoms with E-state index in [-0.39, 0.29) is 12.5 Å². The van der Waals surface area contributed by atoms with Crippen molar-refractivity contribution in [2.75, 3.05) is 11.9 Å². The Kier molecular flexibility index (Phi) is 6.38. The third-order valence-corrected chi connectivity index (χ3v) is 3.56. The molecule has 2 rings (SSSR count). The molecule has 0 saturated carbocycles. The smallest absolute Gasteiger partial charge is 0.221 e. The average Bonchev–Trinajstić information content (AvgIpc) is 2.53. The van der Waals surface area contributed by atoms with Gasteiger partial charge in [0.1, 0.15) is 12.4 Å². The summed E-state index contributed by atoms with van der Waals surface area (Å²) < 4.78 is 5.85. The topological polar surface area (TPSA) is 58.6 Å². The molecule has 0 aliphatic heterocycles. The second kappa shape index (κ2) is 8.50. The van der Waals surface area contributed by atoms with E-state index in [0.29, 0.717) is 18.1 Å². The third kappa shape index (κ3) is 5.39. The predicted molar refractivity (Wildman–Crippen MR) is 97.1 cm³/mol. The fourth-order valence-corrected chi connectivity index (χ4v) is 2.58. The molecule has 0 aliphatic rings. The Balaban J connectivity index is 2.24. The zero-order valence-corrected chi connectivity index (χ0v) is 14.5. The molecule has 0 saturated heterocycles. The molecule has 0 spiro atoms. The van der Waals surface area contributed by atoms with Crippen LogP contribution in [0.25, 0.3) is 11.1 Å². The first kappa shape index (κ1) is 18.0. The normalized spacial score (nSPS) is 12.0. The molecule has 2 N–H and O–H groups in total. The molecule has 0 bridgehead atoms. The van der Waals surface area contributed by atoms with E-state index in [1.807, 2.05) is 42.5 Å². The van der Waals surface area contributed by atoms with Crippen LogP contribution in [0.2, 0.25) is 0 Å².